The minimum Gasteiger partial charge on any atom is -0.372 e. The van der Waals surface area contributed by atoms with Crippen LogP contribution in [0.2, 0.25) is 0 Å². The van der Waals surface area contributed by atoms with Gasteiger partial charge in [0.25, 0.3) is 0 Å². The number of ether oxygens (including phenoxy) is 1. The lowest BCUT2D eigenvalue weighted by atomic mass is 10.0. The maximum atomic E-state index is 6.00. The first-order valence-electron chi connectivity index (χ1n) is 7.87. The van der Waals surface area contributed by atoms with Gasteiger partial charge < -0.3 is 10.1 Å². The van der Waals surface area contributed by atoms with E-state index in [0.29, 0.717) is 6.04 Å². The van der Waals surface area contributed by atoms with E-state index in [4.69, 9.17) is 4.74 Å². The molecule has 2 atom stereocenters. The molecule has 1 saturated heterocycles. The van der Waals surface area contributed by atoms with Crippen molar-refractivity contribution in [1.82, 2.24) is 5.32 Å². The molecule has 1 heterocycles. The van der Waals surface area contributed by atoms with Gasteiger partial charge in [-0.1, -0.05) is 61.5 Å². The molecule has 1 aliphatic heterocycles. The molecule has 0 radical (unpaired) electrons. The summed E-state index contributed by atoms with van der Waals surface area (Å²) < 4.78 is 6.00. The molecule has 0 spiro atoms. The highest BCUT2D eigenvalue weighted by molar-refractivity contribution is 5.63. The highest BCUT2D eigenvalue weighted by atomic mass is 16.5. The van der Waals surface area contributed by atoms with Crippen LogP contribution in [0.1, 0.15) is 31.4 Å². The third-order valence-corrected chi connectivity index (χ3v) is 4.26. The van der Waals surface area contributed by atoms with Gasteiger partial charge in [-0.25, -0.2) is 0 Å². The van der Waals surface area contributed by atoms with Gasteiger partial charge in [-0.05, 0) is 29.5 Å². The Bertz CT molecular complexity index is 550. The summed E-state index contributed by atoms with van der Waals surface area (Å²) in [5.41, 5.74) is 3.78. The molecule has 1 N–H and O–H groups in total. The van der Waals surface area contributed by atoms with E-state index in [0.717, 1.165) is 19.6 Å². The molecule has 2 aromatic rings. The quantitative estimate of drug-likeness (QED) is 0.911. The minimum atomic E-state index is 0.173. The van der Waals surface area contributed by atoms with Crippen molar-refractivity contribution in [3.63, 3.8) is 0 Å². The van der Waals surface area contributed by atoms with Crippen LogP contribution in [-0.4, -0.2) is 19.2 Å². The Balaban J connectivity index is 1.72. The van der Waals surface area contributed by atoms with Gasteiger partial charge in [-0.3, -0.25) is 0 Å². The molecule has 1 fully saturated rings. The summed E-state index contributed by atoms with van der Waals surface area (Å²) in [5.74, 6) is 0. The van der Waals surface area contributed by atoms with Crippen LogP contribution in [0.3, 0.4) is 0 Å². The second-order valence-electron chi connectivity index (χ2n) is 5.65. The minimum absolute atomic E-state index is 0.173. The van der Waals surface area contributed by atoms with Gasteiger partial charge in [-0.15, -0.1) is 0 Å². The molecule has 2 heteroatoms. The highest BCUT2D eigenvalue weighted by Gasteiger charge is 2.18. The second-order valence-corrected chi connectivity index (χ2v) is 5.65. The van der Waals surface area contributed by atoms with Crippen LogP contribution in [0.25, 0.3) is 11.1 Å². The average Bonchev–Trinajstić information content (AvgIpc) is 2.81. The molecule has 0 saturated carbocycles. The molecular weight excluding hydrogens is 258 g/mol. The maximum Gasteiger partial charge on any atom is 0.0949 e. The van der Waals surface area contributed by atoms with Crippen molar-refractivity contribution in [3.05, 3.63) is 60.2 Å². The van der Waals surface area contributed by atoms with Gasteiger partial charge in [0, 0.05) is 19.2 Å². The van der Waals surface area contributed by atoms with Crippen molar-refractivity contribution in [1.29, 1.82) is 0 Å². The van der Waals surface area contributed by atoms with Crippen LogP contribution in [0.5, 0.6) is 0 Å². The zero-order valence-corrected chi connectivity index (χ0v) is 12.6. The Kier molecular flexibility index (Phi) is 4.69. The smallest absolute Gasteiger partial charge is 0.0949 e. The van der Waals surface area contributed by atoms with E-state index in [-0.39, 0.29) is 6.10 Å². The normalized spacial score (nSPS) is 22.7. The second kappa shape index (κ2) is 6.88. The van der Waals surface area contributed by atoms with Gasteiger partial charge in [0.15, 0.2) is 0 Å². The van der Waals surface area contributed by atoms with Crippen LogP contribution in [0, 0.1) is 0 Å². The lowest BCUT2D eigenvalue weighted by Gasteiger charge is -2.16. The number of rotatable bonds is 3. The summed E-state index contributed by atoms with van der Waals surface area (Å²) in [5, 5.41) is 3.60. The van der Waals surface area contributed by atoms with Crippen molar-refractivity contribution in [3.8, 4) is 11.1 Å². The summed E-state index contributed by atoms with van der Waals surface area (Å²) >= 11 is 0. The Morgan fingerprint density at radius 1 is 1.00 bits per heavy atom. The van der Waals surface area contributed by atoms with Crippen LogP contribution < -0.4 is 5.32 Å². The standard InChI is InChI=1S/C19H23NO/c1-2-18-12-13-21-19(14-20-18)17-10-8-16(9-11-17)15-6-4-3-5-7-15/h3-11,18-20H,2,12-14H2,1H3. The molecular formula is C19H23NO. The fraction of sp³-hybridized carbons (Fsp3) is 0.368. The van der Waals surface area contributed by atoms with Crippen molar-refractivity contribution < 1.29 is 4.74 Å². The first-order chi connectivity index (χ1) is 10.4. The monoisotopic (exact) mass is 281 g/mol. The van der Waals surface area contributed by atoms with E-state index >= 15 is 0 Å². The lowest BCUT2D eigenvalue weighted by molar-refractivity contribution is 0.0663. The molecule has 2 nitrogen and oxygen atoms in total. The number of nitrogens with one attached hydrogen (secondary N) is 1. The molecule has 0 amide bonds. The maximum absolute atomic E-state index is 6.00. The third kappa shape index (κ3) is 3.52. The van der Waals surface area contributed by atoms with Crippen LogP contribution in [-0.2, 0) is 4.74 Å². The molecule has 0 bridgehead atoms. The zero-order valence-electron chi connectivity index (χ0n) is 12.6. The molecule has 2 aromatic carbocycles. The van der Waals surface area contributed by atoms with Crippen LogP contribution in [0.4, 0.5) is 0 Å². The first kappa shape index (κ1) is 14.3. The van der Waals surface area contributed by atoms with Crippen LogP contribution >= 0.6 is 0 Å². The van der Waals surface area contributed by atoms with Crippen molar-refractivity contribution >= 4 is 0 Å². The molecule has 110 valence electrons. The van der Waals surface area contributed by atoms with E-state index in [1.54, 1.807) is 0 Å². The lowest BCUT2D eigenvalue weighted by Crippen LogP contribution is -2.29. The van der Waals surface area contributed by atoms with Gasteiger partial charge in [-0.2, -0.15) is 0 Å². The van der Waals surface area contributed by atoms with E-state index in [1.807, 2.05) is 6.07 Å². The highest BCUT2D eigenvalue weighted by Crippen LogP contribution is 2.24. The Hall–Kier alpha value is -1.64. The van der Waals surface area contributed by atoms with Gasteiger partial charge in [0.2, 0.25) is 0 Å². The van der Waals surface area contributed by atoms with Gasteiger partial charge in [0.1, 0.15) is 0 Å². The summed E-state index contributed by atoms with van der Waals surface area (Å²) in [6, 6.07) is 19.9. The topological polar surface area (TPSA) is 21.3 Å². The third-order valence-electron chi connectivity index (χ3n) is 4.26. The molecule has 21 heavy (non-hydrogen) atoms. The Morgan fingerprint density at radius 2 is 1.71 bits per heavy atom. The molecule has 0 aliphatic carbocycles. The largest absolute Gasteiger partial charge is 0.372 e. The van der Waals surface area contributed by atoms with Gasteiger partial charge >= 0.3 is 0 Å². The van der Waals surface area contributed by atoms with Crippen molar-refractivity contribution in [2.75, 3.05) is 13.2 Å². The Morgan fingerprint density at radius 3 is 2.43 bits per heavy atom. The number of benzene rings is 2. The molecule has 2 unspecified atom stereocenters. The Labute approximate surface area is 127 Å². The predicted octanol–water partition coefficient (Wildman–Crippen LogP) is 4.18. The number of hydrogen-bond acceptors (Lipinski definition) is 2. The average molecular weight is 281 g/mol. The molecule has 0 aromatic heterocycles. The van der Waals surface area contributed by atoms with Crippen molar-refractivity contribution in [2.24, 2.45) is 0 Å². The van der Waals surface area contributed by atoms with Crippen molar-refractivity contribution in [2.45, 2.75) is 31.9 Å². The fourth-order valence-electron chi connectivity index (χ4n) is 2.87. The SMILES string of the molecule is CCC1CCOC(c2ccc(-c3ccccc3)cc2)CN1. The van der Waals surface area contributed by atoms with E-state index in [1.165, 1.54) is 23.1 Å². The van der Waals surface area contributed by atoms with Gasteiger partial charge in [0.05, 0.1) is 6.10 Å². The fourth-order valence-corrected chi connectivity index (χ4v) is 2.87. The first-order valence-corrected chi connectivity index (χ1v) is 7.87. The predicted molar refractivity (Wildman–Crippen MR) is 87.3 cm³/mol. The molecule has 1 aliphatic rings. The molecule has 3 rings (SSSR count). The van der Waals surface area contributed by atoms with E-state index < -0.39 is 0 Å². The summed E-state index contributed by atoms with van der Waals surface area (Å²) in [6.07, 6.45) is 2.45. The van der Waals surface area contributed by atoms with E-state index in [9.17, 15) is 0 Å². The summed E-state index contributed by atoms with van der Waals surface area (Å²) in [6.45, 7) is 3.98. The van der Waals surface area contributed by atoms with Crippen LogP contribution in [0.15, 0.2) is 54.6 Å². The van der Waals surface area contributed by atoms with E-state index in [2.05, 4.69) is 60.8 Å². The zero-order chi connectivity index (χ0) is 14.5. The number of hydrogen-bond donors (Lipinski definition) is 1. The summed E-state index contributed by atoms with van der Waals surface area (Å²) in [4.78, 5) is 0. The summed E-state index contributed by atoms with van der Waals surface area (Å²) in [7, 11) is 0.